The van der Waals surface area contributed by atoms with Crippen LogP contribution < -0.4 is 10.6 Å². The molecule has 0 aromatic heterocycles. The molecule has 0 aliphatic heterocycles. The summed E-state index contributed by atoms with van der Waals surface area (Å²) >= 11 is 0. The van der Waals surface area contributed by atoms with Crippen LogP contribution in [0.25, 0.3) is 0 Å². The van der Waals surface area contributed by atoms with E-state index in [2.05, 4.69) is 29.7 Å². The predicted octanol–water partition coefficient (Wildman–Crippen LogP) is 0.987. The highest BCUT2D eigenvalue weighted by Crippen LogP contribution is 2.11. The summed E-state index contributed by atoms with van der Waals surface area (Å²) in [5.74, 6) is 0. The fourth-order valence-electron chi connectivity index (χ4n) is 0.882. The molecule has 2 heteroatoms. The van der Waals surface area contributed by atoms with Gasteiger partial charge in [-0.25, -0.2) is 0 Å². The minimum atomic E-state index is 1.06. The Morgan fingerprint density at radius 1 is 1.30 bits per heavy atom. The first kappa shape index (κ1) is 7.19. The van der Waals surface area contributed by atoms with E-state index < -0.39 is 0 Å². The third-order valence-electron chi connectivity index (χ3n) is 1.54. The third kappa shape index (κ3) is 1.32. The summed E-state index contributed by atoms with van der Waals surface area (Å²) in [6, 6.07) is 0. The normalized spacial score (nSPS) is 15.0. The van der Waals surface area contributed by atoms with Gasteiger partial charge < -0.3 is 10.6 Å². The monoisotopic (exact) mass is 138 g/mol. The molecule has 0 bridgehead atoms. The number of rotatable bonds is 4. The summed E-state index contributed by atoms with van der Waals surface area (Å²) in [6.07, 6.45) is 5.33. The van der Waals surface area contributed by atoms with Gasteiger partial charge >= 0.3 is 0 Å². The molecular formula is C8H14N2. The van der Waals surface area contributed by atoms with Crippen LogP contribution in [-0.2, 0) is 0 Å². The lowest BCUT2D eigenvalue weighted by atomic mass is 10.1. The quantitative estimate of drug-likeness (QED) is 0.605. The molecule has 0 atom stereocenters. The molecule has 0 unspecified atom stereocenters. The van der Waals surface area contributed by atoms with Gasteiger partial charge in [0.25, 0.3) is 0 Å². The molecule has 1 aliphatic rings. The molecule has 2 nitrogen and oxygen atoms in total. The fourth-order valence-corrected chi connectivity index (χ4v) is 0.882. The van der Waals surface area contributed by atoms with Gasteiger partial charge in [0.15, 0.2) is 0 Å². The first-order chi connectivity index (χ1) is 4.88. The van der Waals surface area contributed by atoms with Gasteiger partial charge in [0.1, 0.15) is 0 Å². The molecule has 2 N–H and O–H groups in total. The van der Waals surface area contributed by atoms with Gasteiger partial charge in [-0.3, -0.25) is 0 Å². The van der Waals surface area contributed by atoms with Crippen molar-refractivity contribution in [3.8, 4) is 0 Å². The van der Waals surface area contributed by atoms with Crippen LogP contribution in [-0.4, -0.2) is 13.6 Å². The van der Waals surface area contributed by atoms with Crippen molar-refractivity contribution in [2.45, 2.75) is 13.3 Å². The molecule has 0 radical (unpaired) electrons. The minimum Gasteiger partial charge on any atom is -0.386 e. The second kappa shape index (κ2) is 3.30. The maximum Gasteiger partial charge on any atom is 0.0576 e. The van der Waals surface area contributed by atoms with Gasteiger partial charge in [0.05, 0.1) is 11.4 Å². The molecule has 0 aromatic rings. The highest BCUT2D eigenvalue weighted by Gasteiger charge is 2.05. The number of hydrogen-bond donors (Lipinski definition) is 2. The Hall–Kier alpha value is -0.920. The van der Waals surface area contributed by atoms with Crippen molar-refractivity contribution in [3.05, 3.63) is 23.5 Å². The largest absolute Gasteiger partial charge is 0.386 e. The van der Waals surface area contributed by atoms with E-state index in [0.717, 1.165) is 6.54 Å². The Morgan fingerprint density at radius 3 is 2.40 bits per heavy atom. The Morgan fingerprint density at radius 2 is 2.00 bits per heavy atom. The highest BCUT2D eigenvalue weighted by atomic mass is 14.9. The van der Waals surface area contributed by atoms with Gasteiger partial charge in [-0.1, -0.05) is 6.92 Å². The van der Waals surface area contributed by atoms with Crippen LogP contribution in [0.2, 0.25) is 0 Å². The van der Waals surface area contributed by atoms with Crippen LogP contribution in [0.4, 0.5) is 0 Å². The Bertz CT molecular complexity index is 168. The SMILES string of the molecule is CCCNC1=C(NC)C=C1. The number of nitrogens with one attached hydrogen (secondary N) is 2. The minimum absolute atomic E-state index is 1.06. The van der Waals surface area contributed by atoms with E-state index in [-0.39, 0.29) is 0 Å². The van der Waals surface area contributed by atoms with Crippen LogP contribution in [0.15, 0.2) is 23.5 Å². The highest BCUT2D eigenvalue weighted by molar-refractivity contribution is 5.42. The van der Waals surface area contributed by atoms with Crippen molar-refractivity contribution in [2.75, 3.05) is 13.6 Å². The van der Waals surface area contributed by atoms with Crippen LogP contribution in [0, 0.1) is 0 Å². The molecule has 0 saturated heterocycles. The molecule has 0 saturated carbocycles. The second-order valence-electron chi connectivity index (χ2n) is 2.34. The predicted molar refractivity (Wildman–Crippen MR) is 43.5 cm³/mol. The molecule has 0 fully saturated rings. The summed E-state index contributed by atoms with van der Waals surface area (Å²) in [5, 5.41) is 6.39. The van der Waals surface area contributed by atoms with Crippen molar-refractivity contribution in [3.63, 3.8) is 0 Å². The average molecular weight is 138 g/mol. The number of hydrogen-bond acceptors (Lipinski definition) is 2. The lowest BCUT2D eigenvalue weighted by molar-refractivity contribution is 0.759. The van der Waals surface area contributed by atoms with Crippen molar-refractivity contribution in [2.24, 2.45) is 0 Å². The summed E-state index contributed by atoms with van der Waals surface area (Å²) in [4.78, 5) is 0. The molecule has 0 amide bonds. The third-order valence-corrected chi connectivity index (χ3v) is 1.54. The smallest absolute Gasteiger partial charge is 0.0576 e. The zero-order valence-corrected chi connectivity index (χ0v) is 6.57. The molecule has 1 rings (SSSR count). The number of allylic oxidation sites excluding steroid dienone is 2. The Balaban J connectivity index is 2.28. The van der Waals surface area contributed by atoms with E-state index in [4.69, 9.17) is 0 Å². The van der Waals surface area contributed by atoms with Crippen molar-refractivity contribution in [1.82, 2.24) is 10.6 Å². The Labute approximate surface area is 62.0 Å². The molecular weight excluding hydrogens is 124 g/mol. The summed E-state index contributed by atoms with van der Waals surface area (Å²) in [6.45, 7) is 3.22. The Kier molecular flexibility index (Phi) is 2.37. The van der Waals surface area contributed by atoms with E-state index in [9.17, 15) is 0 Å². The lowest BCUT2D eigenvalue weighted by Crippen LogP contribution is -2.23. The van der Waals surface area contributed by atoms with Crippen LogP contribution in [0.5, 0.6) is 0 Å². The van der Waals surface area contributed by atoms with Crippen molar-refractivity contribution >= 4 is 0 Å². The molecule has 0 aromatic carbocycles. The van der Waals surface area contributed by atoms with Crippen LogP contribution >= 0.6 is 0 Å². The first-order valence-electron chi connectivity index (χ1n) is 3.72. The lowest BCUT2D eigenvalue weighted by Gasteiger charge is -2.17. The molecule has 10 heavy (non-hydrogen) atoms. The van der Waals surface area contributed by atoms with E-state index in [1.54, 1.807) is 0 Å². The summed E-state index contributed by atoms with van der Waals surface area (Å²) in [5.41, 5.74) is 2.46. The van der Waals surface area contributed by atoms with E-state index in [0.29, 0.717) is 0 Å². The summed E-state index contributed by atoms with van der Waals surface area (Å²) in [7, 11) is 1.94. The zero-order chi connectivity index (χ0) is 7.40. The fraction of sp³-hybridized carbons (Fsp3) is 0.500. The molecule has 56 valence electrons. The van der Waals surface area contributed by atoms with E-state index in [1.807, 2.05) is 7.05 Å². The van der Waals surface area contributed by atoms with Gasteiger partial charge in [0.2, 0.25) is 0 Å². The molecule has 0 spiro atoms. The first-order valence-corrected chi connectivity index (χ1v) is 3.72. The zero-order valence-electron chi connectivity index (χ0n) is 6.57. The van der Waals surface area contributed by atoms with Gasteiger partial charge in [-0.05, 0) is 18.6 Å². The maximum atomic E-state index is 3.30. The van der Waals surface area contributed by atoms with Crippen molar-refractivity contribution in [1.29, 1.82) is 0 Å². The molecule has 1 aliphatic carbocycles. The van der Waals surface area contributed by atoms with Crippen molar-refractivity contribution < 1.29 is 0 Å². The van der Waals surface area contributed by atoms with E-state index >= 15 is 0 Å². The maximum absolute atomic E-state index is 3.30. The molecule has 0 heterocycles. The topological polar surface area (TPSA) is 24.1 Å². The second-order valence-corrected chi connectivity index (χ2v) is 2.34. The standard InChI is InChI=1S/C8H14N2/c1-3-6-10-8-5-4-7(8)9-2/h4-5,9-10H,3,6H2,1-2H3. The van der Waals surface area contributed by atoms with E-state index in [1.165, 1.54) is 17.8 Å². The van der Waals surface area contributed by atoms with Gasteiger partial charge in [0, 0.05) is 13.6 Å². The van der Waals surface area contributed by atoms with Gasteiger partial charge in [-0.2, -0.15) is 0 Å². The average Bonchev–Trinajstić information content (AvgIpc) is 1.88. The summed E-state index contributed by atoms with van der Waals surface area (Å²) < 4.78 is 0. The van der Waals surface area contributed by atoms with Crippen LogP contribution in [0.1, 0.15) is 13.3 Å². The van der Waals surface area contributed by atoms with Crippen LogP contribution in [0.3, 0.4) is 0 Å². The van der Waals surface area contributed by atoms with Gasteiger partial charge in [-0.15, -0.1) is 0 Å². The number of likely N-dealkylation sites (N-methyl/N-ethyl adjacent to an activating group) is 1.